The highest BCUT2D eigenvalue weighted by atomic mass is 19.4. The van der Waals surface area contributed by atoms with Crippen molar-refractivity contribution in [3.8, 4) is 5.75 Å². The van der Waals surface area contributed by atoms with Crippen molar-refractivity contribution >= 4 is 11.6 Å². The minimum Gasteiger partial charge on any atom is -0.489 e. The van der Waals surface area contributed by atoms with Crippen molar-refractivity contribution in [1.82, 2.24) is 19.6 Å². The van der Waals surface area contributed by atoms with Gasteiger partial charge in [-0.2, -0.15) is 22.7 Å². The van der Waals surface area contributed by atoms with Crippen LogP contribution in [0.25, 0.3) is 5.78 Å². The van der Waals surface area contributed by atoms with E-state index in [2.05, 4.69) is 20.4 Å². The first kappa shape index (κ1) is 17.0. The van der Waals surface area contributed by atoms with E-state index in [1.165, 1.54) is 0 Å². The molecule has 2 heterocycles. The van der Waals surface area contributed by atoms with Gasteiger partial charge in [0.2, 0.25) is 0 Å². The summed E-state index contributed by atoms with van der Waals surface area (Å²) in [5, 5.41) is 6.54. The number of fused-ring (bicyclic) bond motifs is 1. The molecule has 0 saturated carbocycles. The van der Waals surface area contributed by atoms with Crippen LogP contribution in [0.5, 0.6) is 5.75 Å². The summed E-state index contributed by atoms with van der Waals surface area (Å²) in [7, 11) is 0. The fourth-order valence-corrected chi connectivity index (χ4v) is 2.25. The van der Waals surface area contributed by atoms with E-state index in [0.29, 0.717) is 23.8 Å². The molecular weight excluding hydrogens is 335 g/mol. The molecule has 6 nitrogen and oxygen atoms in total. The molecule has 0 spiro atoms. The molecule has 132 valence electrons. The highest BCUT2D eigenvalue weighted by molar-refractivity contribution is 5.45. The number of halogens is 3. The largest absolute Gasteiger partial charge is 0.489 e. The molecule has 25 heavy (non-hydrogen) atoms. The van der Waals surface area contributed by atoms with Crippen LogP contribution < -0.4 is 10.1 Å². The normalized spacial score (nSPS) is 13.0. The number of aromatic nitrogens is 4. The summed E-state index contributed by atoms with van der Waals surface area (Å²) in [5.74, 6) is -0.240. The Morgan fingerprint density at radius 2 is 1.92 bits per heavy atom. The molecular formula is C16H16F3N5O. The molecule has 3 aromatic rings. The Balaban J connectivity index is 1.77. The number of anilines is 1. The van der Waals surface area contributed by atoms with E-state index in [0.717, 1.165) is 4.52 Å². The SMILES string of the molecule is Cc1cc(NCC(C)Oc2ccccc2)n2nc(C(F)(F)F)nc2n1. The number of ether oxygens (including phenoxy) is 1. The van der Waals surface area contributed by atoms with Gasteiger partial charge in [0, 0.05) is 11.8 Å². The average molecular weight is 351 g/mol. The van der Waals surface area contributed by atoms with Crippen molar-refractivity contribution in [3.63, 3.8) is 0 Å². The number of rotatable bonds is 5. The standard InChI is InChI=1S/C16H16F3N5O/c1-10-8-13(20-9-11(2)25-12-6-4-3-5-7-12)24-15(21-10)22-14(23-24)16(17,18)19/h3-8,11,20H,9H2,1-2H3. The van der Waals surface area contributed by atoms with Crippen LogP contribution in [-0.2, 0) is 6.18 Å². The quantitative estimate of drug-likeness (QED) is 0.764. The van der Waals surface area contributed by atoms with Crippen LogP contribution in [0.4, 0.5) is 19.0 Å². The number of hydrogen-bond donors (Lipinski definition) is 1. The zero-order valence-corrected chi connectivity index (χ0v) is 13.6. The van der Waals surface area contributed by atoms with E-state index in [1.54, 1.807) is 13.0 Å². The summed E-state index contributed by atoms with van der Waals surface area (Å²) in [6, 6.07) is 10.9. The van der Waals surface area contributed by atoms with E-state index >= 15 is 0 Å². The van der Waals surface area contributed by atoms with Crippen LogP contribution >= 0.6 is 0 Å². The van der Waals surface area contributed by atoms with Crippen molar-refractivity contribution in [2.45, 2.75) is 26.1 Å². The monoisotopic (exact) mass is 351 g/mol. The zero-order valence-electron chi connectivity index (χ0n) is 13.6. The summed E-state index contributed by atoms with van der Waals surface area (Å²) in [5.41, 5.74) is 0.535. The maximum atomic E-state index is 12.8. The third-order valence-electron chi connectivity index (χ3n) is 3.34. The molecule has 3 rings (SSSR count). The van der Waals surface area contributed by atoms with Gasteiger partial charge >= 0.3 is 6.18 Å². The maximum Gasteiger partial charge on any atom is 0.453 e. The van der Waals surface area contributed by atoms with Gasteiger partial charge in [0.25, 0.3) is 11.6 Å². The van der Waals surface area contributed by atoms with E-state index in [-0.39, 0.29) is 11.9 Å². The highest BCUT2D eigenvalue weighted by Crippen LogP contribution is 2.27. The van der Waals surface area contributed by atoms with Gasteiger partial charge in [-0.3, -0.25) is 0 Å². The van der Waals surface area contributed by atoms with Crippen LogP contribution in [-0.4, -0.2) is 32.2 Å². The summed E-state index contributed by atoms with van der Waals surface area (Å²) in [6.07, 6.45) is -4.83. The van der Waals surface area contributed by atoms with Gasteiger partial charge < -0.3 is 10.1 Å². The fraction of sp³-hybridized carbons (Fsp3) is 0.312. The zero-order chi connectivity index (χ0) is 18.0. The third kappa shape index (κ3) is 3.98. The van der Waals surface area contributed by atoms with Crippen molar-refractivity contribution in [1.29, 1.82) is 0 Å². The first-order valence-electron chi connectivity index (χ1n) is 7.60. The Morgan fingerprint density at radius 1 is 1.20 bits per heavy atom. The fourth-order valence-electron chi connectivity index (χ4n) is 2.25. The van der Waals surface area contributed by atoms with Gasteiger partial charge in [0.1, 0.15) is 17.7 Å². The second kappa shape index (κ2) is 6.58. The summed E-state index contributed by atoms with van der Waals surface area (Å²) >= 11 is 0. The second-order valence-corrected chi connectivity index (χ2v) is 5.55. The van der Waals surface area contributed by atoms with Crippen molar-refractivity contribution < 1.29 is 17.9 Å². The van der Waals surface area contributed by atoms with E-state index < -0.39 is 12.0 Å². The van der Waals surface area contributed by atoms with Crippen LogP contribution in [0, 0.1) is 6.92 Å². The molecule has 1 N–H and O–H groups in total. The number of para-hydroxylation sites is 1. The Morgan fingerprint density at radius 3 is 2.60 bits per heavy atom. The van der Waals surface area contributed by atoms with Crippen molar-refractivity contribution in [2.24, 2.45) is 0 Å². The Kier molecular flexibility index (Phi) is 4.47. The van der Waals surface area contributed by atoms with Gasteiger partial charge in [0.15, 0.2) is 0 Å². The lowest BCUT2D eigenvalue weighted by Crippen LogP contribution is -2.24. The first-order valence-corrected chi connectivity index (χ1v) is 7.60. The molecule has 0 bridgehead atoms. The minimum absolute atomic E-state index is 0.105. The number of aryl methyl sites for hydroxylation is 1. The summed E-state index contributed by atoms with van der Waals surface area (Å²) in [6.45, 7) is 3.90. The van der Waals surface area contributed by atoms with Crippen LogP contribution in [0.1, 0.15) is 18.4 Å². The minimum atomic E-state index is -4.62. The smallest absolute Gasteiger partial charge is 0.453 e. The summed E-state index contributed by atoms with van der Waals surface area (Å²) < 4.78 is 45.2. The van der Waals surface area contributed by atoms with E-state index in [1.807, 2.05) is 37.3 Å². The number of nitrogens with zero attached hydrogens (tertiary/aromatic N) is 4. The van der Waals surface area contributed by atoms with Crippen molar-refractivity contribution in [3.05, 3.63) is 47.9 Å². The second-order valence-electron chi connectivity index (χ2n) is 5.55. The Labute approximate surface area is 141 Å². The molecule has 1 aromatic carbocycles. The van der Waals surface area contributed by atoms with Crippen LogP contribution in [0.3, 0.4) is 0 Å². The molecule has 9 heteroatoms. The molecule has 0 aliphatic heterocycles. The van der Waals surface area contributed by atoms with Crippen molar-refractivity contribution in [2.75, 3.05) is 11.9 Å². The van der Waals surface area contributed by atoms with Gasteiger partial charge in [-0.05, 0) is 26.0 Å². The predicted molar refractivity (Wildman–Crippen MR) is 85.5 cm³/mol. The molecule has 0 radical (unpaired) electrons. The highest BCUT2D eigenvalue weighted by Gasteiger charge is 2.36. The lowest BCUT2D eigenvalue weighted by Gasteiger charge is -2.16. The topological polar surface area (TPSA) is 64.3 Å². The molecule has 1 atom stereocenters. The molecule has 0 fully saturated rings. The van der Waals surface area contributed by atoms with Crippen LogP contribution in [0.15, 0.2) is 36.4 Å². The van der Waals surface area contributed by atoms with Gasteiger partial charge in [-0.25, -0.2) is 4.98 Å². The van der Waals surface area contributed by atoms with Gasteiger partial charge in [-0.1, -0.05) is 18.2 Å². The van der Waals surface area contributed by atoms with Crippen LogP contribution in [0.2, 0.25) is 0 Å². The Hall–Kier alpha value is -2.84. The number of benzene rings is 1. The summed E-state index contributed by atoms with van der Waals surface area (Å²) in [4.78, 5) is 7.43. The van der Waals surface area contributed by atoms with Gasteiger partial charge in [0.05, 0.1) is 6.54 Å². The average Bonchev–Trinajstić information content (AvgIpc) is 2.97. The lowest BCUT2D eigenvalue weighted by atomic mass is 10.3. The molecule has 0 saturated heterocycles. The molecule has 0 amide bonds. The number of hydrogen-bond acceptors (Lipinski definition) is 5. The van der Waals surface area contributed by atoms with E-state index in [9.17, 15) is 13.2 Å². The molecule has 2 aromatic heterocycles. The molecule has 1 unspecified atom stereocenters. The molecule has 0 aliphatic carbocycles. The van der Waals surface area contributed by atoms with E-state index in [4.69, 9.17) is 4.74 Å². The Bertz CT molecular complexity index is 863. The number of nitrogens with one attached hydrogen (secondary N) is 1. The number of alkyl halides is 3. The lowest BCUT2D eigenvalue weighted by molar-refractivity contribution is -0.144. The van der Waals surface area contributed by atoms with Gasteiger partial charge in [-0.15, -0.1) is 5.10 Å². The maximum absolute atomic E-state index is 12.8. The molecule has 0 aliphatic rings. The predicted octanol–water partition coefficient (Wildman–Crippen LogP) is 3.33. The first-order chi connectivity index (χ1) is 11.8. The third-order valence-corrected chi connectivity index (χ3v) is 3.34.